The van der Waals surface area contributed by atoms with Crippen LogP contribution in [0.2, 0.25) is 0 Å². The van der Waals surface area contributed by atoms with Gasteiger partial charge in [0.25, 0.3) is 0 Å². The number of nitrogens with zero attached hydrogens (tertiary/aromatic N) is 4. The molecule has 108 valence electrons. The number of hydrogen-bond acceptors (Lipinski definition) is 5. The molecule has 2 aromatic heterocycles. The van der Waals surface area contributed by atoms with E-state index in [1.54, 1.807) is 16.0 Å². The van der Waals surface area contributed by atoms with E-state index in [0.29, 0.717) is 0 Å². The van der Waals surface area contributed by atoms with Crippen LogP contribution in [0.4, 0.5) is 5.69 Å². The maximum absolute atomic E-state index is 4.13. The molecule has 0 radical (unpaired) electrons. The Morgan fingerprint density at radius 3 is 2.71 bits per heavy atom. The Labute approximate surface area is 127 Å². The Hall–Kier alpha value is -2.21. The molecule has 0 amide bonds. The molecule has 3 aromatic rings. The summed E-state index contributed by atoms with van der Waals surface area (Å²) in [7, 11) is 1.85. The monoisotopic (exact) mass is 299 g/mol. The number of thiophene rings is 1. The highest BCUT2D eigenvalue weighted by Gasteiger charge is 2.13. The number of aromatic nitrogens is 4. The maximum atomic E-state index is 4.13. The molecule has 0 saturated carbocycles. The van der Waals surface area contributed by atoms with Crippen LogP contribution in [0.15, 0.2) is 29.6 Å². The Balaban J connectivity index is 1.98. The molecule has 6 heteroatoms. The number of rotatable bonds is 4. The summed E-state index contributed by atoms with van der Waals surface area (Å²) in [6, 6.07) is 8.49. The van der Waals surface area contributed by atoms with E-state index < -0.39 is 0 Å². The van der Waals surface area contributed by atoms with Crippen molar-refractivity contribution in [2.45, 2.75) is 20.4 Å². The number of aryl methyl sites for hydroxylation is 3. The highest BCUT2D eigenvalue weighted by atomic mass is 32.1. The molecular formula is C15H17N5S. The van der Waals surface area contributed by atoms with Crippen LogP contribution in [-0.4, -0.2) is 20.2 Å². The van der Waals surface area contributed by atoms with Gasteiger partial charge in [-0.3, -0.25) is 0 Å². The summed E-state index contributed by atoms with van der Waals surface area (Å²) < 4.78 is 1.69. The minimum atomic E-state index is 0.770. The van der Waals surface area contributed by atoms with Crippen molar-refractivity contribution in [1.82, 2.24) is 20.2 Å². The predicted molar refractivity (Wildman–Crippen MR) is 85.4 cm³/mol. The van der Waals surface area contributed by atoms with E-state index in [2.05, 4.69) is 64.3 Å². The lowest BCUT2D eigenvalue weighted by Gasteiger charge is -2.13. The number of hydrogen-bond donors (Lipinski definition) is 1. The molecule has 1 N–H and O–H groups in total. The van der Waals surface area contributed by atoms with Crippen LogP contribution in [0.25, 0.3) is 11.4 Å². The van der Waals surface area contributed by atoms with Crippen molar-refractivity contribution >= 4 is 17.0 Å². The summed E-state index contributed by atoms with van der Waals surface area (Å²) in [5.41, 5.74) is 4.57. The van der Waals surface area contributed by atoms with E-state index in [-0.39, 0.29) is 0 Å². The van der Waals surface area contributed by atoms with Gasteiger partial charge in [-0.1, -0.05) is 6.07 Å². The van der Waals surface area contributed by atoms with Gasteiger partial charge in [-0.25, -0.2) is 4.68 Å². The van der Waals surface area contributed by atoms with Crippen LogP contribution in [0, 0.1) is 13.8 Å². The second kappa shape index (κ2) is 5.65. The molecule has 0 aliphatic carbocycles. The van der Waals surface area contributed by atoms with Gasteiger partial charge in [-0.15, -0.1) is 16.4 Å². The Morgan fingerprint density at radius 1 is 1.24 bits per heavy atom. The molecule has 0 saturated heterocycles. The summed E-state index contributed by atoms with van der Waals surface area (Å²) in [5.74, 6) is 0.770. The Bertz CT molecular complexity index is 746. The fraction of sp³-hybridized carbons (Fsp3) is 0.267. The van der Waals surface area contributed by atoms with Gasteiger partial charge < -0.3 is 5.32 Å². The third kappa shape index (κ3) is 2.80. The van der Waals surface area contributed by atoms with Gasteiger partial charge in [0.1, 0.15) is 0 Å². The van der Waals surface area contributed by atoms with Crippen molar-refractivity contribution < 1.29 is 0 Å². The van der Waals surface area contributed by atoms with Crippen molar-refractivity contribution in [3.63, 3.8) is 0 Å². The van der Waals surface area contributed by atoms with Gasteiger partial charge in [-0.2, -0.15) is 0 Å². The zero-order chi connectivity index (χ0) is 14.8. The van der Waals surface area contributed by atoms with Crippen molar-refractivity contribution in [1.29, 1.82) is 0 Å². The third-order valence-electron chi connectivity index (χ3n) is 3.53. The highest BCUT2D eigenvalue weighted by molar-refractivity contribution is 7.09. The van der Waals surface area contributed by atoms with E-state index in [0.717, 1.165) is 23.6 Å². The van der Waals surface area contributed by atoms with Crippen LogP contribution >= 0.6 is 11.3 Å². The van der Waals surface area contributed by atoms with Gasteiger partial charge in [0.2, 0.25) is 0 Å². The molecule has 0 aliphatic rings. The zero-order valence-corrected chi connectivity index (χ0v) is 13.1. The minimum Gasteiger partial charge on any atom is -0.380 e. The molecule has 0 fully saturated rings. The normalized spacial score (nSPS) is 10.8. The molecule has 21 heavy (non-hydrogen) atoms. The highest BCUT2D eigenvalue weighted by Crippen LogP contribution is 2.29. The van der Waals surface area contributed by atoms with E-state index in [1.165, 1.54) is 16.0 Å². The van der Waals surface area contributed by atoms with Crippen molar-refractivity contribution in [3.8, 4) is 11.4 Å². The molecule has 5 nitrogen and oxygen atoms in total. The Kier molecular flexibility index (Phi) is 3.70. The number of nitrogens with one attached hydrogen (secondary N) is 1. The minimum absolute atomic E-state index is 0.770. The maximum Gasteiger partial charge on any atom is 0.183 e. The second-order valence-corrected chi connectivity index (χ2v) is 6.07. The predicted octanol–water partition coefficient (Wildman–Crippen LogP) is 3.17. The molecule has 0 atom stereocenters. The number of benzene rings is 1. The van der Waals surface area contributed by atoms with Crippen LogP contribution in [-0.2, 0) is 13.6 Å². The van der Waals surface area contributed by atoms with Crippen LogP contribution in [0.3, 0.4) is 0 Å². The van der Waals surface area contributed by atoms with E-state index in [9.17, 15) is 0 Å². The fourth-order valence-electron chi connectivity index (χ4n) is 2.20. The molecule has 0 unspecified atom stereocenters. The summed E-state index contributed by atoms with van der Waals surface area (Å²) >= 11 is 1.75. The van der Waals surface area contributed by atoms with Gasteiger partial charge in [0, 0.05) is 29.7 Å². The molecule has 3 rings (SSSR count). The quantitative estimate of drug-likeness (QED) is 0.804. The first-order chi connectivity index (χ1) is 10.1. The van der Waals surface area contributed by atoms with E-state index >= 15 is 0 Å². The SMILES string of the molecule is Cc1cc(NCc2cccs2)c(-c2nnnn2C)cc1C. The molecule has 2 heterocycles. The molecule has 0 aliphatic heterocycles. The number of tetrazole rings is 1. The second-order valence-electron chi connectivity index (χ2n) is 5.04. The van der Waals surface area contributed by atoms with Crippen molar-refractivity contribution in [2.75, 3.05) is 5.32 Å². The zero-order valence-electron chi connectivity index (χ0n) is 12.3. The van der Waals surface area contributed by atoms with Gasteiger partial charge in [0.15, 0.2) is 5.82 Å². The molecular weight excluding hydrogens is 282 g/mol. The van der Waals surface area contributed by atoms with E-state index in [4.69, 9.17) is 0 Å². The molecule has 0 spiro atoms. The summed E-state index contributed by atoms with van der Waals surface area (Å²) in [4.78, 5) is 1.30. The van der Waals surface area contributed by atoms with E-state index in [1.807, 2.05) is 7.05 Å². The van der Waals surface area contributed by atoms with Crippen LogP contribution in [0.1, 0.15) is 16.0 Å². The molecule has 1 aromatic carbocycles. The lowest BCUT2D eigenvalue weighted by molar-refractivity contribution is 0.714. The molecule has 0 bridgehead atoms. The summed E-state index contributed by atoms with van der Waals surface area (Å²) in [6.07, 6.45) is 0. The van der Waals surface area contributed by atoms with Crippen molar-refractivity contribution in [2.24, 2.45) is 7.05 Å². The largest absolute Gasteiger partial charge is 0.380 e. The lowest BCUT2D eigenvalue weighted by Crippen LogP contribution is -2.03. The lowest BCUT2D eigenvalue weighted by atomic mass is 10.0. The van der Waals surface area contributed by atoms with Crippen LogP contribution < -0.4 is 5.32 Å². The van der Waals surface area contributed by atoms with Crippen molar-refractivity contribution in [3.05, 3.63) is 45.6 Å². The van der Waals surface area contributed by atoms with Gasteiger partial charge in [0.05, 0.1) is 0 Å². The average Bonchev–Trinajstić information content (AvgIpc) is 3.11. The third-order valence-corrected chi connectivity index (χ3v) is 4.40. The van der Waals surface area contributed by atoms with Crippen LogP contribution in [0.5, 0.6) is 0 Å². The first-order valence-electron chi connectivity index (χ1n) is 6.75. The topological polar surface area (TPSA) is 55.6 Å². The average molecular weight is 299 g/mol. The Morgan fingerprint density at radius 2 is 2.05 bits per heavy atom. The first kappa shape index (κ1) is 13.8. The smallest absolute Gasteiger partial charge is 0.183 e. The van der Waals surface area contributed by atoms with Gasteiger partial charge in [-0.05, 0) is 59.0 Å². The fourth-order valence-corrected chi connectivity index (χ4v) is 2.85. The van der Waals surface area contributed by atoms with Gasteiger partial charge >= 0.3 is 0 Å². The number of anilines is 1. The summed E-state index contributed by atoms with van der Waals surface area (Å²) in [5, 5.41) is 17.4. The standard InChI is InChI=1S/C15H17N5S/c1-10-7-13(15-17-18-19-20(15)3)14(8-11(10)2)16-9-12-5-4-6-21-12/h4-8,16H,9H2,1-3H3. The summed E-state index contributed by atoms with van der Waals surface area (Å²) in [6.45, 7) is 5.02. The first-order valence-corrected chi connectivity index (χ1v) is 7.63.